The Morgan fingerprint density at radius 1 is 1.28 bits per heavy atom. The van der Waals surface area contributed by atoms with Gasteiger partial charge >= 0.3 is 6.03 Å². The number of rotatable bonds is 6. The highest BCUT2D eigenvalue weighted by Crippen LogP contribution is 2.25. The van der Waals surface area contributed by atoms with E-state index in [4.69, 9.17) is 0 Å². The molecule has 1 heterocycles. The van der Waals surface area contributed by atoms with E-state index in [0.29, 0.717) is 12.8 Å². The summed E-state index contributed by atoms with van der Waals surface area (Å²) in [6.07, 6.45) is 0.840. The monoisotopic (exact) mass is 353 g/mol. The first-order valence-electron chi connectivity index (χ1n) is 8.12. The van der Waals surface area contributed by atoms with Crippen LogP contribution in [0.5, 0.6) is 0 Å². The summed E-state index contributed by atoms with van der Waals surface area (Å²) in [5.74, 6) is -2.55. The maximum atomic E-state index is 13.8. The van der Waals surface area contributed by atoms with E-state index >= 15 is 0 Å². The Morgan fingerprint density at radius 3 is 2.44 bits per heavy atom. The molecule has 1 aliphatic rings. The van der Waals surface area contributed by atoms with Gasteiger partial charge in [0.1, 0.15) is 23.7 Å². The topological polar surface area (TPSA) is 78.5 Å². The molecule has 6 nitrogen and oxygen atoms in total. The molecule has 0 aromatic heterocycles. The van der Waals surface area contributed by atoms with Gasteiger partial charge in [-0.25, -0.2) is 13.6 Å². The summed E-state index contributed by atoms with van der Waals surface area (Å²) in [6.45, 7) is 4.64. The van der Waals surface area contributed by atoms with Crippen molar-refractivity contribution in [1.82, 2.24) is 15.5 Å². The van der Waals surface area contributed by atoms with Gasteiger partial charge < -0.3 is 10.6 Å². The third kappa shape index (κ3) is 3.62. The molecule has 1 unspecified atom stereocenters. The predicted octanol–water partition coefficient (Wildman–Crippen LogP) is 2.25. The second-order valence-electron chi connectivity index (χ2n) is 6.07. The Hall–Kier alpha value is -2.51. The molecule has 1 aromatic rings. The van der Waals surface area contributed by atoms with Crippen LogP contribution in [0.15, 0.2) is 18.2 Å². The van der Waals surface area contributed by atoms with Crippen molar-refractivity contribution >= 4 is 17.8 Å². The first-order chi connectivity index (χ1) is 11.7. The molecule has 0 spiro atoms. The molecule has 0 radical (unpaired) electrons. The lowest BCUT2D eigenvalue weighted by molar-refractivity contribution is -0.135. The number of carbonyl (C=O) groups excluding carboxylic acids is 3. The van der Waals surface area contributed by atoms with Crippen molar-refractivity contribution in [1.29, 1.82) is 0 Å². The van der Waals surface area contributed by atoms with Crippen molar-refractivity contribution in [2.75, 3.05) is 6.54 Å². The maximum Gasteiger partial charge on any atom is 0.325 e. The number of amides is 4. The van der Waals surface area contributed by atoms with Gasteiger partial charge in [-0.1, -0.05) is 19.9 Å². The van der Waals surface area contributed by atoms with E-state index in [1.165, 1.54) is 13.0 Å². The first kappa shape index (κ1) is 18.8. The molecular formula is C17H21F2N3O3. The zero-order valence-corrected chi connectivity index (χ0v) is 14.4. The second-order valence-corrected chi connectivity index (χ2v) is 6.07. The van der Waals surface area contributed by atoms with Gasteiger partial charge in [-0.05, 0) is 25.8 Å². The number of carbonyl (C=O) groups is 3. The highest BCUT2D eigenvalue weighted by atomic mass is 19.1. The summed E-state index contributed by atoms with van der Waals surface area (Å²) in [5, 5.41) is 5.14. The molecule has 1 aromatic carbocycles. The molecule has 25 heavy (non-hydrogen) atoms. The molecule has 0 saturated carbocycles. The quantitative estimate of drug-likeness (QED) is 0.770. The number of nitrogens with one attached hydrogen (secondary N) is 2. The fourth-order valence-electron chi connectivity index (χ4n) is 2.91. The van der Waals surface area contributed by atoms with E-state index in [1.807, 2.05) is 0 Å². The summed E-state index contributed by atoms with van der Waals surface area (Å²) >= 11 is 0. The van der Waals surface area contributed by atoms with Gasteiger partial charge in [0.25, 0.3) is 5.91 Å². The van der Waals surface area contributed by atoms with Crippen LogP contribution in [-0.2, 0) is 9.59 Å². The number of halogens is 2. The molecule has 2 N–H and O–H groups in total. The lowest BCUT2D eigenvalue weighted by Crippen LogP contribution is -2.46. The van der Waals surface area contributed by atoms with Gasteiger partial charge in [0.05, 0.1) is 6.04 Å². The number of urea groups is 1. The van der Waals surface area contributed by atoms with E-state index in [-0.39, 0.29) is 5.56 Å². The number of nitrogens with zero attached hydrogens (tertiary/aromatic N) is 1. The number of benzene rings is 1. The lowest BCUT2D eigenvalue weighted by Gasteiger charge is -2.23. The molecule has 1 atom stereocenters. The first-order valence-corrected chi connectivity index (χ1v) is 8.12. The van der Waals surface area contributed by atoms with Crippen LogP contribution >= 0.6 is 0 Å². The minimum absolute atomic E-state index is 0.114. The van der Waals surface area contributed by atoms with Crippen LogP contribution in [0.3, 0.4) is 0 Å². The van der Waals surface area contributed by atoms with Gasteiger partial charge in [-0.2, -0.15) is 0 Å². The van der Waals surface area contributed by atoms with E-state index in [1.54, 1.807) is 13.8 Å². The van der Waals surface area contributed by atoms with E-state index in [0.717, 1.165) is 17.0 Å². The fourth-order valence-corrected chi connectivity index (χ4v) is 2.91. The van der Waals surface area contributed by atoms with E-state index in [9.17, 15) is 23.2 Å². The maximum absolute atomic E-state index is 13.8. The van der Waals surface area contributed by atoms with Crippen LogP contribution in [0.1, 0.15) is 45.2 Å². The summed E-state index contributed by atoms with van der Waals surface area (Å²) in [6, 6.07) is 1.70. The number of hydrogen-bond donors (Lipinski definition) is 2. The molecule has 1 aliphatic heterocycles. The number of imide groups is 1. The van der Waals surface area contributed by atoms with Crippen LogP contribution < -0.4 is 10.6 Å². The van der Waals surface area contributed by atoms with Crippen molar-refractivity contribution in [3.05, 3.63) is 35.4 Å². The molecular weight excluding hydrogens is 332 g/mol. The fraction of sp³-hybridized carbons (Fsp3) is 0.471. The third-order valence-electron chi connectivity index (χ3n) is 4.56. The van der Waals surface area contributed by atoms with Crippen molar-refractivity contribution in [2.24, 2.45) is 0 Å². The summed E-state index contributed by atoms with van der Waals surface area (Å²) in [5.41, 5.74) is -0.866. The normalized spacial score (nSPS) is 17.4. The largest absolute Gasteiger partial charge is 0.348 e. The molecule has 8 heteroatoms. The Kier molecular flexibility index (Phi) is 5.39. The minimum Gasteiger partial charge on any atom is -0.348 e. The van der Waals surface area contributed by atoms with Crippen LogP contribution in [0.4, 0.5) is 13.6 Å². The van der Waals surface area contributed by atoms with Crippen molar-refractivity contribution in [3.8, 4) is 0 Å². The summed E-state index contributed by atoms with van der Waals surface area (Å²) in [4.78, 5) is 37.5. The molecule has 1 saturated heterocycles. The Balaban J connectivity index is 2.05. The Bertz CT molecular complexity index is 704. The van der Waals surface area contributed by atoms with Crippen LogP contribution in [0.2, 0.25) is 0 Å². The molecule has 2 rings (SSSR count). The van der Waals surface area contributed by atoms with E-state index < -0.39 is 47.6 Å². The molecule has 1 fully saturated rings. The Morgan fingerprint density at radius 2 is 1.92 bits per heavy atom. The number of hydrogen-bond acceptors (Lipinski definition) is 3. The standard InChI is InChI=1S/C17H21F2N3O3/c1-4-17(5-2)15(24)22(16(25)21-17)9-14(23)20-10(3)12-7-6-11(18)8-13(12)19/h6-8,10H,4-5,9H2,1-3H3,(H,20,23)(H,21,25). The SMILES string of the molecule is CCC1(CC)NC(=O)N(CC(=O)NC(C)c2ccc(F)cc2F)C1=O. The third-order valence-corrected chi connectivity index (χ3v) is 4.56. The smallest absolute Gasteiger partial charge is 0.325 e. The predicted molar refractivity (Wildman–Crippen MR) is 86.5 cm³/mol. The molecule has 0 aliphatic carbocycles. The van der Waals surface area contributed by atoms with E-state index in [2.05, 4.69) is 10.6 Å². The summed E-state index contributed by atoms with van der Waals surface area (Å²) in [7, 11) is 0. The highest BCUT2D eigenvalue weighted by molar-refractivity contribution is 6.09. The van der Waals surface area contributed by atoms with Gasteiger partial charge in [0, 0.05) is 11.6 Å². The lowest BCUT2D eigenvalue weighted by atomic mass is 9.93. The van der Waals surface area contributed by atoms with Gasteiger partial charge in [-0.15, -0.1) is 0 Å². The van der Waals surface area contributed by atoms with Crippen molar-refractivity contribution in [3.63, 3.8) is 0 Å². The average Bonchev–Trinajstić information content (AvgIpc) is 2.79. The zero-order valence-electron chi connectivity index (χ0n) is 14.4. The van der Waals surface area contributed by atoms with Gasteiger partial charge in [0.2, 0.25) is 5.91 Å². The average molecular weight is 353 g/mol. The molecule has 4 amide bonds. The van der Waals surface area contributed by atoms with Gasteiger partial charge in [-0.3, -0.25) is 14.5 Å². The van der Waals surface area contributed by atoms with Crippen LogP contribution in [0.25, 0.3) is 0 Å². The van der Waals surface area contributed by atoms with Crippen LogP contribution in [-0.4, -0.2) is 34.8 Å². The highest BCUT2D eigenvalue weighted by Gasteiger charge is 2.49. The van der Waals surface area contributed by atoms with Crippen molar-refractivity contribution < 1.29 is 23.2 Å². The van der Waals surface area contributed by atoms with Gasteiger partial charge in [0.15, 0.2) is 0 Å². The Labute approximate surface area is 144 Å². The second kappa shape index (κ2) is 7.16. The van der Waals surface area contributed by atoms with Crippen LogP contribution in [0, 0.1) is 11.6 Å². The summed E-state index contributed by atoms with van der Waals surface area (Å²) < 4.78 is 26.7. The molecule has 136 valence electrons. The molecule has 0 bridgehead atoms. The zero-order chi connectivity index (χ0) is 18.8. The minimum atomic E-state index is -0.980. The van der Waals surface area contributed by atoms with Crippen molar-refractivity contribution in [2.45, 2.75) is 45.2 Å².